The number of hydrogen-bond donors (Lipinski definition) is 2. The summed E-state index contributed by atoms with van der Waals surface area (Å²) in [5, 5.41) is 4.43. The van der Waals surface area contributed by atoms with Crippen molar-refractivity contribution in [3.8, 4) is 0 Å². The van der Waals surface area contributed by atoms with Crippen LogP contribution in [-0.2, 0) is 11.2 Å². The van der Waals surface area contributed by atoms with Gasteiger partial charge in [-0.2, -0.15) is 0 Å². The minimum atomic E-state index is -0.0831. The number of benzene rings is 1. The molecule has 0 unspecified atom stereocenters. The van der Waals surface area contributed by atoms with E-state index >= 15 is 0 Å². The lowest BCUT2D eigenvalue weighted by Crippen LogP contribution is -2.39. The second kappa shape index (κ2) is 5.92. The van der Waals surface area contributed by atoms with E-state index in [-0.39, 0.29) is 11.3 Å². The van der Waals surface area contributed by atoms with E-state index in [0.29, 0.717) is 0 Å². The maximum absolute atomic E-state index is 12.5. The zero-order valence-electron chi connectivity index (χ0n) is 12.7. The van der Waals surface area contributed by atoms with Crippen LogP contribution in [0.25, 0.3) is 10.9 Å². The van der Waals surface area contributed by atoms with E-state index in [4.69, 9.17) is 0 Å². The van der Waals surface area contributed by atoms with E-state index < -0.39 is 0 Å². The average molecular weight is 284 g/mol. The highest BCUT2D eigenvalue weighted by Crippen LogP contribution is 2.41. The Morgan fingerprint density at radius 3 is 2.81 bits per heavy atom. The first kappa shape index (κ1) is 14.2. The average Bonchev–Trinajstić information content (AvgIpc) is 3.15. The Morgan fingerprint density at radius 2 is 2.05 bits per heavy atom. The van der Waals surface area contributed by atoms with Gasteiger partial charge in [0.25, 0.3) is 0 Å². The van der Waals surface area contributed by atoms with Crippen molar-refractivity contribution in [3.05, 3.63) is 36.0 Å². The van der Waals surface area contributed by atoms with Crippen LogP contribution >= 0.6 is 0 Å². The third-order valence-electron chi connectivity index (χ3n) is 5.07. The number of hydrogen-bond acceptors (Lipinski definition) is 1. The molecule has 1 aliphatic rings. The molecular weight excluding hydrogens is 260 g/mol. The zero-order chi connectivity index (χ0) is 14.7. The molecule has 2 aromatic rings. The fourth-order valence-corrected chi connectivity index (χ4v) is 3.63. The predicted octanol–water partition coefficient (Wildman–Crippen LogP) is 3.80. The smallest absolute Gasteiger partial charge is 0.226 e. The minimum Gasteiger partial charge on any atom is -0.361 e. The number of aromatic nitrogens is 1. The van der Waals surface area contributed by atoms with Gasteiger partial charge in [0.2, 0.25) is 5.91 Å². The molecule has 0 atom stereocenters. The first-order valence-electron chi connectivity index (χ1n) is 8.08. The standard InChI is InChI=1S/C18H24N2O/c1-2-18(10-5-6-11-18)17(21)19-12-9-14-13-20-16-8-4-3-7-15(14)16/h3-4,7-8,13,20H,2,5-6,9-12H2,1H3,(H,19,21). The third-order valence-corrected chi connectivity index (χ3v) is 5.07. The Kier molecular flexibility index (Phi) is 4.00. The van der Waals surface area contributed by atoms with Crippen LogP contribution in [0.15, 0.2) is 30.5 Å². The first-order chi connectivity index (χ1) is 10.2. The Hall–Kier alpha value is -1.77. The van der Waals surface area contributed by atoms with Crippen LogP contribution in [0, 0.1) is 5.41 Å². The van der Waals surface area contributed by atoms with Crippen molar-refractivity contribution in [2.75, 3.05) is 6.54 Å². The molecule has 0 bridgehead atoms. The third kappa shape index (κ3) is 2.69. The van der Waals surface area contributed by atoms with Crippen molar-refractivity contribution in [2.24, 2.45) is 5.41 Å². The van der Waals surface area contributed by atoms with Gasteiger partial charge in [-0.15, -0.1) is 0 Å². The quantitative estimate of drug-likeness (QED) is 0.862. The zero-order valence-corrected chi connectivity index (χ0v) is 12.7. The molecule has 1 aromatic carbocycles. The molecule has 0 aliphatic heterocycles. The Morgan fingerprint density at radius 1 is 1.29 bits per heavy atom. The van der Waals surface area contributed by atoms with Gasteiger partial charge in [-0.3, -0.25) is 4.79 Å². The molecule has 1 heterocycles. The molecule has 112 valence electrons. The molecule has 0 saturated heterocycles. The van der Waals surface area contributed by atoms with Crippen LogP contribution in [0.1, 0.15) is 44.6 Å². The van der Waals surface area contributed by atoms with Gasteiger partial charge in [-0.1, -0.05) is 38.0 Å². The Labute approximate surface area is 126 Å². The van der Waals surface area contributed by atoms with Gasteiger partial charge in [0.15, 0.2) is 0 Å². The van der Waals surface area contributed by atoms with Gasteiger partial charge in [0.05, 0.1) is 0 Å². The highest BCUT2D eigenvalue weighted by Gasteiger charge is 2.38. The lowest BCUT2D eigenvalue weighted by molar-refractivity contribution is -0.131. The largest absolute Gasteiger partial charge is 0.361 e. The van der Waals surface area contributed by atoms with Gasteiger partial charge in [-0.25, -0.2) is 0 Å². The number of nitrogens with one attached hydrogen (secondary N) is 2. The summed E-state index contributed by atoms with van der Waals surface area (Å²) in [6.07, 6.45) is 8.42. The molecule has 3 heteroatoms. The van der Waals surface area contributed by atoms with Crippen LogP contribution in [0.5, 0.6) is 0 Å². The fourth-order valence-electron chi connectivity index (χ4n) is 3.63. The molecule has 1 aliphatic carbocycles. The normalized spacial score (nSPS) is 17.2. The van der Waals surface area contributed by atoms with Crippen LogP contribution < -0.4 is 5.32 Å². The minimum absolute atomic E-state index is 0.0831. The molecule has 3 rings (SSSR count). The maximum Gasteiger partial charge on any atom is 0.226 e. The Balaban J connectivity index is 1.60. The number of rotatable bonds is 5. The molecule has 21 heavy (non-hydrogen) atoms. The summed E-state index contributed by atoms with van der Waals surface area (Å²) in [5.41, 5.74) is 2.36. The van der Waals surface area contributed by atoms with Crippen LogP contribution in [-0.4, -0.2) is 17.4 Å². The summed E-state index contributed by atoms with van der Waals surface area (Å²) in [7, 11) is 0. The first-order valence-corrected chi connectivity index (χ1v) is 8.08. The van der Waals surface area contributed by atoms with Gasteiger partial charge < -0.3 is 10.3 Å². The molecule has 1 fully saturated rings. The second-order valence-corrected chi connectivity index (χ2v) is 6.21. The van der Waals surface area contributed by atoms with Crippen molar-refractivity contribution in [1.29, 1.82) is 0 Å². The molecule has 1 amide bonds. The van der Waals surface area contributed by atoms with Crippen molar-refractivity contribution < 1.29 is 4.79 Å². The number of para-hydroxylation sites is 1. The van der Waals surface area contributed by atoms with E-state index in [1.807, 2.05) is 6.07 Å². The fraction of sp³-hybridized carbons (Fsp3) is 0.500. The number of carbonyl (C=O) groups is 1. The van der Waals surface area contributed by atoms with Gasteiger partial charge in [-0.05, 0) is 37.3 Å². The molecule has 0 spiro atoms. The van der Waals surface area contributed by atoms with Gasteiger partial charge >= 0.3 is 0 Å². The number of aromatic amines is 1. The summed E-state index contributed by atoms with van der Waals surface area (Å²) in [6.45, 7) is 2.87. The number of amides is 1. The van der Waals surface area contributed by atoms with E-state index in [0.717, 1.165) is 32.2 Å². The molecule has 1 aromatic heterocycles. The molecule has 3 nitrogen and oxygen atoms in total. The van der Waals surface area contributed by atoms with E-state index in [1.165, 1.54) is 29.3 Å². The summed E-state index contributed by atoms with van der Waals surface area (Å²) in [5.74, 6) is 0.266. The predicted molar refractivity (Wildman–Crippen MR) is 86.2 cm³/mol. The summed E-state index contributed by atoms with van der Waals surface area (Å²) < 4.78 is 0. The number of fused-ring (bicyclic) bond motifs is 1. The molecule has 1 saturated carbocycles. The highest BCUT2D eigenvalue weighted by molar-refractivity contribution is 5.84. The van der Waals surface area contributed by atoms with E-state index in [9.17, 15) is 4.79 Å². The molecule has 0 radical (unpaired) electrons. The van der Waals surface area contributed by atoms with E-state index in [1.54, 1.807) is 0 Å². The number of H-pyrrole nitrogens is 1. The summed E-state index contributed by atoms with van der Waals surface area (Å²) in [4.78, 5) is 15.8. The SMILES string of the molecule is CCC1(C(=O)NCCc2c[nH]c3ccccc23)CCCC1. The van der Waals surface area contributed by atoms with Crippen LogP contribution in [0.3, 0.4) is 0 Å². The van der Waals surface area contributed by atoms with Gasteiger partial charge in [0.1, 0.15) is 0 Å². The molecule has 2 N–H and O–H groups in total. The van der Waals surface area contributed by atoms with E-state index in [2.05, 4.69) is 41.6 Å². The summed E-state index contributed by atoms with van der Waals surface area (Å²) in [6, 6.07) is 8.31. The van der Waals surface area contributed by atoms with Crippen LogP contribution in [0.4, 0.5) is 0 Å². The van der Waals surface area contributed by atoms with Gasteiger partial charge in [0, 0.05) is 29.1 Å². The van der Waals surface area contributed by atoms with Crippen molar-refractivity contribution in [3.63, 3.8) is 0 Å². The van der Waals surface area contributed by atoms with Crippen molar-refractivity contribution in [1.82, 2.24) is 10.3 Å². The van der Waals surface area contributed by atoms with Crippen molar-refractivity contribution in [2.45, 2.75) is 45.4 Å². The topological polar surface area (TPSA) is 44.9 Å². The summed E-state index contributed by atoms with van der Waals surface area (Å²) >= 11 is 0. The second-order valence-electron chi connectivity index (χ2n) is 6.21. The molecular formula is C18H24N2O. The monoisotopic (exact) mass is 284 g/mol. The maximum atomic E-state index is 12.5. The number of carbonyl (C=O) groups excluding carboxylic acids is 1. The Bertz CT molecular complexity index is 623. The highest BCUT2D eigenvalue weighted by atomic mass is 16.2. The van der Waals surface area contributed by atoms with Crippen LogP contribution in [0.2, 0.25) is 0 Å². The lowest BCUT2D eigenvalue weighted by Gasteiger charge is -2.25. The lowest BCUT2D eigenvalue weighted by atomic mass is 9.82. The van der Waals surface area contributed by atoms with Crippen molar-refractivity contribution >= 4 is 16.8 Å².